The monoisotopic (exact) mass is 283 g/mol. The van der Waals surface area contributed by atoms with E-state index in [1.54, 1.807) is 7.11 Å². The van der Waals surface area contributed by atoms with Gasteiger partial charge in [-0.3, -0.25) is 0 Å². The highest BCUT2D eigenvalue weighted by Crippen LogP contribution is 2.35. The molecule has 1 aromatic rings. The fraction of sp³-hybridized carbons (Fsp3) is 0.600. The maximum Gasteiger partial charge on any atom is 0.123 e. The van der Waals surface area contributed by atoms with Gasteiger partial charge in [0.25, 0.3) is 0 Å². The van der Waals surface area contributed by atoms with E-state index in [1.807, 2.05) is 18.2 Å². The van der Waals surface area contributed by atoms with Crippen molar-refractivity contribution >= 4 is 11.6 Å². The van der Waals surface area contributed by atoms with Gasteiger partial charge in [0.2, 0.25) is 0 Å². The van der Waals surface area contributed by atoms with Crippen molar-refractivity contribution in [2.45, 2.75) is 44.9 Å². The number of methoxy groups -OCH3 is 1. The Morgan fingerprint density at radius 1 is 1.47 bits per heavy atom. The first-order valence-corrected chi connectivity index (χ1v) is 7.25. The summed E-state index contributed by atoms with van der Waals surface area (Å²) in [7, 11) is 1.69. The van der Waals surface area contributed by atoms with Crippen LogP contribution < -0.4 is 10.1 Å². The Morgan fingerprint density at radius 2 is 2.26 bits per heavy atom. The summed E-state index contributed by atoms with van der Waals surface area (Å²) in [6.07, 6.45) is 2.68. The molecular weight excluding hydrogens is 262 g/mol. The van der Waals surface area contributed by atoms with Crippen molar-refractivity contribution in [2.24, 2.45) is 0 Å². The van der Waals surface area contributed by atoms with Gasteiger partial charge in [-0.1, -0.05) is 18.5 Å². The highest BCUT2D eigenvalue weighted by Gasteiger charge is 2.31. The van der Waals surface area contributed by atoms with Crippen molar-refractivity contribution in [3.05, 3.63) is 28.8 Å². The van der Waals surface area contributed by atoms with Crippen LogP contribution in [-0.4, -0.2) is 25.9 Å². The molecule has 1 fully saturated rings. The van der Waals surface area contributed by atoms with E-state index in [9.17, 15) is 0 Å². The zero-order valence-electron chi connectivity index (χ0n) is 11.8. The van der Waals surface area contributed by atoms with Crippen LogP contribution >= 0.6 is 11.6 Å². The van der Waals surface area contributed by atoms with Gasteiger partial charge in [0.05, 0.1) is 25.4 Å². The number of halogens is 1. The van der Waals surface area contributed by atoms with E-state index < -0.39 is 0 Å². The molecule has 1 aliphatic heterocycles. The fourth-order valence-electron chi connectivity index (χ4n) is 2.69. The molecule has 3 unspecified atom stereocenters. The summed E-state index contributed by atoms with van der Waals surface area (Å²) in [4.78, 5) is 0. The third-order valence-corrected chi connectivity index (χ3v) is 3.82. The van der Waals surface area contributed by atoms with Gasteiger partial charge in [0.15, 0.2) is 0 Å². The van der Waals surface area contributed by atoms with Crippen LogP contribution in [0.25, 0.3) is 0 Å². The maximum atomic E-state index is 6.13. The van der Waals surface area contributed by atoms with Crippen LogP contribution in [0.3, 0.4) is 0 Å². The summed E-state index contributed by atoms with van der Waals surface area (Å²) in [5, 5.41) is 4.23. The van der Waals surface area contributed by atoms with Crippen LogP contribution in [0, 0.1) is 0 Å². The SMILES string of the molecule is CCNC(c1cc(Cl)ccc1OC)C1CCC(C)O1. The number of hydrogen-bond acceptors (Lipinski definition) is 3. The van der Waals surface area contributed by atoms with Crippen molar-refractivity contribution in [3.63, 3.8) is 0 Å². The molecule has 1 saturated heterocycles. The molecule has 1 N–H and O–H groups in total. The summed E-state index contributed by atoms with van der Waals surface area (Å²) in [5.41, 5.74) is 1.08. The normalized spacial score (nSPS) is 24.4. The molecular formula is C15H22ClNO2. The Kier molecular flexibility index (Phi) is 5.08. The second-order valence-electron chi connectivity index (χ2n) is 4.98. The van der Waals surface area contributed by atoms with Crippen LogP contribution in [-0.2, 0) is 4.74 Å². The van der Waals surface area contributed by atoms with Gasteiger partial charge in [-0.15, -0.1) is 0 Å². The topological polar surface area (TPSA) is 30.5 Å². The lowest BCUT2D eigenvalue weighted by atomic mass is 9.98. The number of likely N-dealkylation sites (N-methyl/N-ethyl adjacent to an activating group) is 1. The molecule has 3 nitrogen and oxygen atoms in total. The first kappa shape index (κ1) is 14.6. The number of benzene rings is 1. The molecule has 2 rings (SSSR count). The Balaban J connectivity index is 2.30. The summed E-state index contributed by atoms with van der Waals surface area (Å²) >= 11 is 6.13. The summed E-state index contributed by atoms with van der Waals surface area (Å²) < 4.78 is 11.5. The minimum absolute atomic E-state index is 0.128. The Hall–Kier alpha value is -0.770. The van der Waals surface area contributed by atoms with Gasteiger partial charge in [-0.05, 0) is 44.5 Å². The zero-order valence-corrected chi connectivity index (χ0v) is 12.5. The van der Waals surface area contributed by atoms with Crippen molar-refractivity contribution in [1.29, 1.82) is 0 Å². The van der Waals surface area contributed by atoms with Gasteiger partial charge in [-0.25, -0.2) is 0 Å². The Labute approximate surface area is 120 Å². The summed E-state index contributed by atoms with van der Waals surface area (Å²) in [6.45, 7) is 5.11. The molecule has 1 heterocycles. The molecule has 3 atom stereocenters. The second-order valence-corrected chi connectivity index (χ2v) is 5.42. The number of hydrogen-bond donors (Lipinski definition) is 1. The fourth-order valence-corrected chi connectivity index (χ4v) is 2.87. The van der Waals surface area contributed by atoms with Crippen molar-refractivity contribution in [1.82, 2.24) is 5.32 Å². The smallest absolute Gasteiger partial charge is 0.123 e. The van der Waals surface area contributed by atoms with E-state index in [2.05, 4.69) is 19.2 Å². The van der Waals surface area contributed by atoms with Crippen molar-refractivity contribution < 1.29 is 9.47 Å². The average molecular weight is 284 g/mol. The molecule has 0 radical (unpaired) electrons. The van der Waals surface area contributed by atoms with Crippen molar-refractivity contribution in [3.8, 4) is 5.75 Å². The number of nitrogens with one attached hydrogen (secondary N) is 1. The zero-order chi connectivity index (χ0) is 13.8. The average Bonchev–Trinajstić information content (AvgIpc) is 2.82. The minimum atomic E-state index is 0.128. The van der Waals surface area contributed by atoms with Gasteiger partial charge in [0, 0.05) is 10.6 Å². The standard InChI is InChI=1S/C15H22ClNO2/c1-4-17-15(14-7-5-10(2)19-14)12-9-11(16)6-8-13(12)18-3/h6,8-10,14-15,17H,4-5,7H2,1-3H3. The van der Waals surface area contributed by atoms with Gasteiger partial charge in [0.1, 0.15) is 5.75 Å². The maximum absolute atomic E-state index is 6.13. The molecule has 19 heavy (non-hydrogen) atoms. The molecule has 106 valence electrons. The molecule has 0 amide bonds. The van der Waals surface area contributed by atoms with Crippen LogP contribution in [0.1, 0.15) is 38.3 Å². The van der Waals surface area contributed by atoms with Crippen LogP contribution in [0.4, 0.5) is 0 Å². The number of ether oxygens (including phenoxy) is 2. The third-order valence-electron chi connectivity index (χ3n) is 3.59. The summed E-state index contributed by atoms with van der Waals surface area (Å²) in [5.74, 6) is 0.860. The first-order chi connectivity index (χ1) is 9.15. The molecule has 0 bridgehead atoms. The van der Waals surface area contributed by atoms with E-state index in [-0.39, 0.29) is 12.1 Å². The number of rotatable bonds is 5. The predicted molar refractivity (Wildman–Crippen MR) is 78.0 cm³/mol. The van der Waals surface area contributed by atoms with E-state index in [1.165, 1.54) is 0 Å². The Morgan fingerprint density at radius 3 is 2.84 bits per heavy atom. The molecule has 0 spiro atoms. The molecule has 0 saturated carbocycles. The van der Waals surface area contributed by atoms with E-state index >= 15 is 0 Å². The van der Waals surface area contributed by atoms with Crippen molar-refractivity contribution in [2.75, 3.05) is 13.7 Å². The largest absolute Gasteiger partial charge is 0.496 e. The molecule has 0 aromatic heterocycles. The van der Waals surface area contributed by atoms with E-state index in [0.29, 0.717) is 6.10 Å². The van der Waals surface area contributed by atoms with Crippen LogP contribution in [0.15, 0.2) is 18.2 Å². The molecule has 1 aliphatic rings. The highest BCUT2D eigenvalue weighted by atomic mass is 35.5. The second kappa shape index (κ2) is 6.60. The molecule has 1 aromatic carbocycles. The van der Waals surface area contributed by atoms with Gasteiger partial charge in [-0.2, -0.15) is 0 Å². The minimum Gasteiger partial charge on any atom is -0.496 e. The predicted octanol–water partition coefficient (Wildman–Crippen LogP) is 3.57. The van der Waals surface area contributed by atoms with Gasteiger partial charge >= 0.3 is 0 Å². The van der Waals surface area contributed by atoms with E-state index in [0.717, 1.165) is 35.7 Å². The third kappa shape index (κ3) is 3.41. The molecule has 4 heteroatoms. The lowest BCUT2D eigenvalue weighted by Gasteiger charge is -2.26. The quantitative estimate of drug-likeness (QED) is 0.896. The molecule has 0 aliphatic carbocycles. The summed E-state index contributed by atoms with van der Waals surface area (Å²) in [6, 6.07) is 5.87. The van der Waals surface area contributed by atoms with Crippen LogP contribution in [0.2, 0.25) is 5.02 Å². The lowest BCUT2D eigenvalue weighted by Crippen LogP contribution is -2.32. The highest BCUT2D eigenvalue weighted by molar-refractivity contribution is 6.30. The van der Waals surface area contributed by atoms with E-state index in [4.69, 9.17) is 21.1 Å². The lowest BCUT2D eigenvalue weighted by molar-refractivity contribution is 0.0314. The van der Waals surface area contributed by atoms with Crippen LogP contribution in [0.5, 0.6) is 5.75 Å². The van der Waals surface area contributed by atoms with Gasteiger partial charge < -0.3 is 14.8 Å². The Bertz CT molecular complexity index is 425. The first-order valence-electron chi connectivity index (χ1n) is 6.88.